The van der Waals surface area contributed by atoms with Crippen LogP contribution in [-0.4, -0.2) is 5.91 Å². The predicted molar refractivity (Wildman–Crippen MR) is 88.9 cm³/mol. The lowest BCUT2D eigenvalue weighted by Gasteiger charge is -2.13. The summed E-state index contributed by atoms with van der Waals surface area (Å²) in [5.41, 5.74) is 3.71. The molecule has 1 amide bonds. The van der Waals surface area contributed by atoms with Crippen molar-refractivity contribution in [2.24, 2.45) is 0 Å². The first-order chi connectivity index (χ1) is 9.88. The molecule has 4 heteroatoms. The second-order valence-electron chi connectivity index (χ2n) is 4.85. The number of rotatable bonds is 3. The lowest BCUT2D eigenvalue weighted by molar-refractivity contribution is 0.0973. The predicted octanol–water partition coefficient (Wildman–Crippen LogP) is 5.01. The van der Waals surface area contributed by atoms with Crippen LogP contribution in [0.15, 0.2) is 43.0 Å². The van der Waals surface area contributed by atoms with Crippen LogP contribution in [0.5, 0.6) is 0 Å². The van der Waals surface area contributed by atoms with Gasteiger partial charge >= 0.3 is 0 Å². The second-order valence-corrected chi connectivity index (χ2v) is 5.72. The summed E-state index contributed by atoms with van der Waals surface area (Å²) in [5.74, 6) is -0.237. The maximum Gasteiger partial charge on any atom is 0.255 e. The third kappa shape index (κ3) is 3.66. The second kappa shape index (κ2) is 6.33. The van der Waals surface area contributed by atoms with Crippen molar-refractivity contribution in [3.63, 3.8) is 0 Å². The minimum atomic E-state index is -0.237. The van der Waals surface area contributed by atoms with Crippen LogP contribution in [0.2, 0.25) is 10.0 Å². The first-order valence-electron chi connectivity index (χ1n) is 6.41. The molecule has 0 saturated carbocycles. The van der Waals surface area contributed by atoms with E-state index in [1.165, 1.54) is 0 Å². The molecule has 0 aliphatic rings. The number of hydrogen-bond donors (Lipinski definition) is 1. The Morgan fingerprint density at radius 3 is 2.00 bits per heavy atom. The summed E-state index contributed by atoms with van der Waals surface area (Å²) >= 11 is 11.9. The third-order valence-electron chi connectivity index (χ3n) is 3.23. The van der Waals surface area contributed by atoms with Gasteiger partial charge in [0.15, 0.2) is 0 Å². The normalized spacial score (nSPS) is 10.3. The summed E-state index contributed by atoms with van der Waals surface area (Å²) < 4.78 is 0. The molecular formula is C17H15Cl2NO. The first-order valence-corrected chi connectivity index (χ1v) is 7.17. The molecule has 0 spiro atoms. The highest BCUT2D eigenvalue weighted by Gasteiger charge is 2.12. The fourth-order valence-corrected chi connectivity index (χ4v) is 2.37. The molecular weight excluding hydrogens is 305 g/mol. The van der Waals surface area contributed by atoms with Crippen molar-refractivity contribution in [3.8, 4) is 0 Å². The largest absolute Gasteiger partial charge is 0.322 e. The van der Waals surface area contributed by atoms with Crippen LogP contribution >= 0.6 is 23.2 Å². The highest BCUT2D eigenvalue weighted by atomic mass is 35.5. The van der Waals surface area contributed by atoms with E-state index in [4.69, 9.17) is 23.2 Å². The maximum atomic E-state index is 12.3. The van der Waals surface area contributed by atoms with Gasteiger partial charge in [0.1, 0.15) is 0 Å². The Morgan fingerprint density at radius 2 is 1.43 bits per heavy atom. The zero-order valence-electron chi connectivity index (χ0n) is 11.8. The Hall–Kier alpha value is -1.77. The Bertz CT molecular complexity index is 661. The zero-order chi connectivity index (χ0) is 15.6. The SMILES string of the molecule is C=C(NC(=O)c1cc(Cl)ccc1C)c1cc(Cl)ccc1C. The maximum absolute atomic E-state index is 12.3. The van der Waals surface area contributed by atoms with Gasteiger partial charge in [-0.3, -0.25) is 4.79 Å². The first kappa shape index (κ1) is 15.6. The van der Waals surface area contributed by atoms with Crippen molar-refractivity contribution in [1.29, 1.82) is 0 Å². The molecule has 0 atom stereocenters. The van der Waals surface area contributed by atoms with E-state index in [0.29, 0.717) is 21.3 Å². The average molecular weight is 320 g/mol. The van der Waals surface area contributed by atoms with Crippen LogP contribution in [0.3, 0.4) is 0 Å². The minimum Gasteiger partial charge on any atom is -0.322 e. The molecule has 0 bridgehead atoms. The molecule has 0 aliphatic carbocycles. The molecule has 0 aromatic heterocycles. The molecule has 0 unspecified atom stereocenters. The minimum absolute atomic E-state index is 0.237. The number of nitrogens with one attached hydrogen (secondary N) is 1. The Kier molecular flexibility index (Phi) is 4.71. The van der Waals surface area contributed by atoms with E-state index >= 15 is 0 Å². The topological polar surface area (TPSA) is 29.1 Å². The Labute approximate surface area is 134 Å². The van der Waals surface area contributed by atoms with Gasteiger partial charge in [0, 0.05) is 26.9 Å². The van der Waals surface area contributed by atoms with Gasteiger partial charge in [0.05, 0.1) is 0 Å². The number of halogens is 2. The molecule has 0 aliphatic heterocycles. The molecule has 2 nitrogen and oxygen atoms in total. The molecule has 0 fully saturated rings. The molecule has 2 aromatic carbocycles. The molecule has 2 aromatic rings. The van der Waals surface area contributed by atoms with Crippen molar-refractivity contribution in [2.45, 2.75) is 13.8 Å². The van der Waals surface area contributed by atoms with E-state index < -0.39 is 0 Å². The highest BCUT2D eigenvalue weighted by molar-refractivity contribution is 6.31. The molecule has 0 heterocycles. The summed E-state index contributed by atoms with van der Waals surface area (Å²) in [7, 11) is 0. The summed E-state index contributed by atoms with van der Waals surface area (Å²) in [6, 6.07) is 10.7. The molecule has 1 N–H and O–H groups in total. The lowest BCUT2D eigenvalue weighted by Crippen LogP contribution is -2.22. The number of amides is 1. The summed E-state index contributed by atoms with van der Waals surface area (Å²) in [4.78, 5) is 12.3. The highest BCUT2D eigenvalue weighted by Crippen LogP contribution is 2.21. The molecule has 2 rings (SSSR count). The van der Waals surface area contributed by atoms with E-state index in [9.17, 15) is 4.79 Å². The zero-order valence-corrected chi connectivity index (χ0v) is 13.3. The van der Waals surface area contributed by atoms with E-state index in [2.05, 4.69) is 11.9 Å². The summed E-state index contributed by atoms with van der Waals surface area (Å²) in [5, 5.41) is 3.92. The number of hydrogen-bond acceptors (Lipinski definition) is 1. The molecule has 0 saturated heterocycles. The van der Waals surface area contributed by atoms with Crippen LogP contribution < -0.4 is 5.32 Å². The molecule has 21 heavy (non-hydrogen) atoms. The van der Waals surface area contributed by atoms with Gasteiger partial charge < -0.3 is 5.32 Å². The van der Waals surface area contributed by atoms with Crippen molar-refractivity contribution in [2.75, 3.05) is 0 Å². The van der Waals surface area contributed by atoms with Crippen molar-refractivity contribution < 1.29 is 4.79 Å². The van der Waals surface area contributed by atoms with E-state index in [1.54, 1.807) is 24.3 Å². The van der Waals surface area contributed by atoms with Crippen LogP contribution in [0.4, 0.5) is 0 Å². The molecule has 0 radical (unpaired) electrons. The van der Waals surface area contributed by atoms with Crippen molar-refractivity contribution >= 4 is 34.8 Å². The third-order valence-corrected chi connectivity index (χ3v) is 3.70. The van der Waals surface area contributed by atoms with Gasteiger partial charge in [-0.1, -0.05) is 41.9 Å². The van der Waals surface area contributed by atoms with E-state index in [0.717, 1.165) is 16.7 Å². The van der Waals surface area contributed by atoms with Gasteiger partial charge in [-0.25, -0.2) is 0 Å². The molecule has 108 valence electrons. The number of aryl methyl sites for hydroxylation is 2. The smallest absolute Gasteiger partial charge is 0.255 e. The Balaban J connectivity index is 2.25. The lowest BCUT2D eigenvalue weighted by atomic mass is 10.1. The standard InChI is InChI=1S/C17H15Cl2NO/c1-10-4-6-13(18)8-15(10)12(3)20-17(21)16-9-14(19)7-5-11(16)2/h4-9H,3H2,1-2H3,(H,20,21). The van der Waals surface area contributed by atoms with Crippen LogP contribution in [0, 0.1) is 13.8 Å². The van der Waals surface area contributed by atoms with Crippen LogP contribution in [0.1, 0.15) is 27.0 Å². The van der Waals surface area contributed by atoms with Crippen LogP contribution in [-0.2, 0) is 0 Å². The van der Waals surface area contributed by atoms with Crippen molar-refractivity contribution in [3.05, 3.63) is 75.3 Å². The summed E-state index contributed by atoms with van der Waals surface area (Å²) in [6.07, 6.45) is 0. The van der Waals surface area contributed by atoms with E-state index in [-0.39, 0.29) is 5.91 Å². The fraction of sp³-hybridized carbons (Fsp3) is 0.118. The van der Waals surface area contributed by atoms with Gasteiger partial charge in [-0.05, 0) is 49.2 Å². The average Bonchev–Trinajstić information content (AvgIpc) is 2.43. The fourth-order valence-electron chi connectivity index (χ4n) is 2.03. The van der Waals surface area contributed by atoms with Gasteiger partial charge in [-0.15, -0.1) is 0 Å². The van der Waals surface area contributed by atoms with Crippen molar-refractivity contribution in [1.82, 2.24) is 5.32 Å². The van der Waals surface area contributed by atoms with E-state index in [1.807, 2.05) is 26.0 Å². The Morgan fingerprint density at radius 1 is 0.952 bits per heavy atom. The quantitative estimate of drug-likeness (QED) is 0.846. The number of carbonyl (C=O) groups is 1. The number of benzene rings is 2. The van der Waals surface area contributed by atoms with Gasteiger partial charge in [0.2, 0.25) is 0 Å². The van der Waals surface area contributed by atoms with Gasteiger partial charge in [-0.2, -0.15) is 0 Å². The number of carbonyl (C=O) groups excluding carboxylic acids is 1. The van der Waals surface area contributed by atoms with Crippen LogP contribution in [0.25, 0.3) is 5.70 Å². The van der Waals surface area contributed by atoms with Gasteiger partial charge in [0.25, 0.3) is 5.91 Å². The summed E-state index contributed by atoms with van der Waals surface area (Å²) in [6.45, 7) is 7.72. The monoisotopic (exact) mass is 319 g/mol.